The summed E-state index contributed by atoms with van der Waals surface area (Å²) in [6.07, 6.45) is 1.24. The van der Waals surface area contributed by atoms with Crippen molar-refractivity contribution < 1.29 is 9.47 Å². The Morgan fingerprint density at radius 2 is 2.00 bits per heavy atom. The molecule has 1 aromatic rings. The molecule has 17 heavy (non-hydrogen) atoms. The molecule has 0 spiro atoms. The standard InChI is InChI=1S/C15H20O2/c1-10-5-6-12-11(7-10)8-15(4)9-16-14(2,3)17-13(12)15/h5-7,13H,8-9H2,1-4H3. The highest BCUT2D eigenvalue weighted by Gasteiger charge is 2.50. The first kappa shape index (κ1) is 11.2. The van der Waals surface area contributed by atoms with Crippen LogP contribution in [0.15, 0.2) is 18.2 Å². The molecule has 0 aromatic heterocycles. The van der Waals surface area contributed by atoms with Crippen molar-refractivity contribution in [3.8, 4) is 0 Å². The van der Waals surface area contributed by atoms with E-state index < -0.39 is 5.79 Å². The molecule has 3 rings (SSSR count). The minimum atomic E-state index is -0.462. The highest BCUT2D eigenvalue weighted by molar-refractivity contribution is 5.40. The lowest BCUT2D eigenvalue weighted by atomic mass is 9.84. The first-order chi connectivity index (χ1) is 7.90. The molecule has 2 atom stereocenters. The van der Waals surface area contributed by atoms with E-state index in [1.807, 2.05) is 13.8 Å². The van der Waals surface area contributed by atoms with E-state index in [1.165, 1.54) is 16.7 Å². The minimum absolute atomic E-state index is 0.103. The lowest BCUT2D eigenvalue weighted by Crippen LogP contribution is -2.45. The van der Waals surface area contributed by atoms with Gasteiger partial charge in [0.2, 0.25) is 0 Å². The van der Waals surface area contributed by atoms with Gasteiger partial charge in [-0.1, -0.05) is 30.7 Å². The van der Waals surface area contributed by atoms with E-state index in [0.717, 1.165) is 13.0 Å². The summed E-state index contributed by atoms with van der Waals surface area (Å²) in [6, 6.07) is 6.69. The second-order valence-electron chi connectivity index (χ2n) is 6.22. The fraction of sp³-hybridized carbons (Fsp3) is 0.600. The van der Waals surface area contributed by atoms with Crippen LogP contribution in [0.5, 0.6) is 0 Å². The van der Waals surface area contributed by atoms with Crippen LogP contribution in [0.1, 0.15) is 43.6 Å². The number of ether oxygens (including phenoxy) is 2. The lowest BCUT2D eigenvalue weighted by Gasteiger charge is -2.44. The average Bonchev–Trinajstić information content (AvgIpc) is 2.49. The Morgan fingerprint density at radius 1 is 1.24 bits per heavy atom. The zero-order valence-corrected chi connectivity index (χ0v) is 11.0. The fourth-order valence-electron chi connectivity index (χ4n) is 3.04. The van der Waals surface area contributed by atoms with E-state index in [2.05, 4.69) is 32.0 Å². The van der Waals surface area contributed by atoms with Gasteiger partial charge in [0, 0.05) is 5.41 Å². The first-order valence-corrected chi connectivity index (χ1v) is 6.31. The predicted molar refractivity (Wildman–Crippen MR) is 66.8 cm³/mol. The Balaban J connectivity index is 2.04. The molecular weight excluding hydrogens is 212 g/mol. The van der Waals surface area contributed by atoms with Crippen molar-refractivity contribution in [3.05, 3.63) is 34.9 Å². The Morgan fingerprint density at radius 3 is 2.76 bits per heavy atom. The van der Waals surface area contributed by atoms with Crippen molar-refractivity contribution in [3.63, 3.8) is 0 Å². The first-order valence-electron chi connectivity index (χ1n) is 6.31. The normalized spacial score (nSPS) is 34.2. The second-order valence-corrected chi connectivity index (χ2v) is 6.22. The van der Waals surface area contributed by atoms with Crippen molar-refractivity contribution in [2.45, 2.75) is 46.0 Å². The van der Waals surface area contributed by atoms with Crippen LogP contribution in [0.25, 0.3) is 0 Å². The van der Waals surface area contributed by atoms with E-state index in [0.29, 0.717) is 0 Å². The smallest absolute Gasteiger partial charge is 0.163 e. The van der Waals surface area contributed by atoms with Gasteiger partial charge in [-0.05, 0) is 38.3 Å². The molecule has 0 N–H and O–H groups in total. The number of rotatable bonds is 0. The molecule has 92 valence electrons. The van der Waals surface area contributed by atoms with Gasteiger partial charge in [0.1, 0.15) is 0 Å². The highest BCUT2D eigenvalue weighted by atomic mass is 16.7. The average molecular weight is 232 g/mol. The van der Waals surface area contributed by atoms with E-state index in [-0.39, 0.29) is 11.5 Å². The maximum Gasteiger partial charge on any atom is 0.163 e. The van der Waals surface area contributed by atoms with Crippen LogP contribution in [0.2, 0.25) is 0 Å². The Kier molecular flexibility index (Phi) is 2.20. The largest absolute Gasteiger partial charge is 0.350 e. The van der Waals surface area contributed by atoms with Crippen LogP contribution >= 0.6 is 0 Å². The summed E-state index contributed by atoms with van der Waals surface area (Å²) in [5, 5.41) is 0. The molecule has 0 bridgehead atoms. The molecule has 2 unspecified atom stereocenters. The third-order valence-corrected chi connectivity index (χ3v) is 3.96. The number of hydrogen-bond acceptors (Lipinski definition) is 2. The van der Waals surface area contributed by atoms with Gasteiger partial charge in [-0.15, -0.1) is 0 Å². The maximum absolute atomic E-state index is 6.14. The third-order valence-electron chi connectivity index (χ3n) is 3.96. The number of fused-ring (bicyclic) bond motifs is 3. The Bertz CT molecular complexity index is 464. The van der Waals surface area contributed by atoms with Crippen LogP contribution in [0.4, 0.5) is 0 Å². The summed E-state index contributed by atoms with van der Waals surface area (Å²) in [4.78, 5) is 0. The van der Waals surface area contributed by atoms with Gasteiger partial charge >= 0.3 is 0 Å². The molecule has 1 fully saturated rings. The summed E-state index contributed by atoms with van der Waals surface area (Å²) in [6.45, 7) is 9.18. The van der Waals surface area contributed by atoms with Crippen molar-refractivity contribution in [2.75, 3.05) is 6.61 Å². The van der Waals surface area contributed by atoms with Crippen LogP contribution in [0.3, 0.4) is 0 Å². The van der Waals surface area contributed by atoms with Crippen molar-refractivity contribution in [1.29, 1.82) is 0 Å². The quantitative estimate of drug-likeness (QED) is 0.682. The second kappa shape index (κ2) is 3.33. The SMILES string of the molecule is Cc1ccc2c(c1)CC1(C)COC(C)(C)OC21. The van der Waals surface area contributed by atoms with Gasteiger partial charge in [0.15, 0.2) is 5.79 Å². The molecule has 1 aromatic carbocycles. The molecule has 0 saturated carbocycles. The van der Waals surface area contributed by atoms with Crippen molar-refractivity contribution in [1.82, 2.24) is 0 Å². The number of aryl methyl sites for hydroxylation is 1. The van der Waals surface area contributed by atoms with Gasteiger partial charge in [0.25, 0.3) is 0 Å². The van der Waals surface area contributed by atoms with Crippen LogP contribution in [-0.4, -0.2) is 12.4 Å². The summed E-state index contributed by atoms with van der Waals surface area (Å²) >= 11 is 0. The topological polar surface area (TPSA) is 18.5 Å². The Labute approximate surface area is 103 Å². The molecule has 1 heterocycles. The molecule has 2 aliphatic rings. The highest BCUT2D eigenvalue weighted by Crippen LogP contribution is 2.52. The van der Waals surface area contributed by atoms with Gasteiger partial charge in [-0.3, -0.25) is 0 Å². The van der Waals surface area contributed by atoms with E-state index in [4.69, 9.17) is 9.47 Å². The van der Waals surface area contributed by atoms with E-state index >= 15 is 0 Å². The molecule has 2 nitrogen and oxygen atoms in total. The van der Waals surface area contributed by atoms with Crippen molar-refractivity contribution >= 4 is 0 Å². The summed E-state index contributed by atoms with van der Waals surface area (Å²) in [5.41, 5.74) is 4.21. The van der Waals surface area contributed by atoms with Gasteiger partial charge in [0.05, 0.1) is 12.7 Å². The predicted octanol–water partition coefficient (Wildman–Crippen LogP) is 3.38. The zero-order valence-electron chi connectivity index (χ0n) is 11.0. The molecule has 1 saturated heterocycles. The lowest BCUT2D eigenvalue weighted by molar-refractivity contribution is -0.314. The molecule has 2 heteroatoms. The Hall–Kier alpha value is -0.860. The van der Waals surface area contributed by atoms with Crippen LogP contribution < -0.4 is 0 Å². The molecule has 0 radical (unpaired) electrons. The summed E-state index contributed by atoms with van der Waals surface area (Å²) < 4.78 is 12.0. The van der Waals surface area contributed by atoms with Gasteiger partial charge in [-0.25, -0.2) is 0 Å². The van der Waals surface area contributed by atoms with Crippen LogP contribution in [-0.2, 0) is 15.9 Å². The molecule has 1 aliphatic carbocycles. The van der Waals surface area contributed by atoms with Crippen LogP contribution in [0, 0.1) is 12.3 Å². The monoisotopic (exact) mass is 232 g/mol. The zero-order chi connectivity index (χ0) is 12.3. The maximum atomic E-state index is 6.14. The third kappa shape index (κ3) is 1.71. The summed E-state index contributed by atoms with van der Waals surface area (Å²) in [5.74, 6) is -0.462. The molecular formula is C15H20O2. The number of hydrogen-bond donors (Lipinski definition) is 0. The number of benzene rings is 1. The summed E-state index contributed by atoms with van der Waals surface area (Å²) in [7, 11) is 0. The molecule has 0 amide bonds. The minimum Gasteiger partial charge on any atom is -0.350 e. The fourth-order valence-corrected chi connectivity index (χ4v) is 3.04. The van der Waals surface area contributed by atoms with Gasteiger partial charge < -0.3 is 9.47 Å². The van der Waals surface area contributed by atoms with E-state index in [1.54, 1.807) is 0 Å². The van der Waals surface area contributed by atoms with Gasteiger partial charge in [-0.2, -0.15) is 0 Å². The molecule has 1 aliphatic heterocycles. The van der Waals surface area contributed by atoms with E-state index in [9.17, 15) is 0 Å². The van der Waals surface area contributed by atoms with Crippen molar-refractivity contribution in [2.24, 2.45) is 5.41 Å².